The Labute approximate surface area is 169 Å². The lowest BCUT2D eigenvalue weighted by Gasteiger charge is -2.40. The molecule has 1 aliphatic heterocycles. The Balaban J connectivity index is 1.87. The normalized spacial score (nSPS) is 19.0. The highest BCUT2D eigenvalue weighted by Crippen LogP contribution is 2.40. The van der Waals surface area contributed by atoms with Gasteiger partial charge in [-0.3, -0.25) is 9.69 Å². The summed E-state index contributed by atoms with van der Waals surface area (Å²) in [4.78, 5) is 30.2. The molecule has 0 fully saturated rings. The number of aromatic nitrogens is 1. The number of aromatic amines is 1. The van der Waals surface area contributed by atoms with E-state index < -0.39 is 0 Å². The lowest BCUT2D eigenvalue weighted by molar-refractivity contribution is -0.148. The summed E-state index contributed by atoms with van der Waals surface area (Å²) in [6.45, 7) is 2.72. The molecule has 6 heteroatoms. The number of para-hydroxylation sites is 1. The van der Waals surface area contributed by atoms with E-state index in [4.69, 9.17) is 9.47 Å². The van der Waals surface area contributed by atoms with Crippen LogP contribution in [0.5, 0.6) is 0 Å². The molecule has 0 aliphatic carbocycles. The minimum absolute atomic E-state index is 0.146. The molecule has 29 heavy (non-hydrogen) atoms. The first-order chi connectivity index (χ1) is 14.1. The Kier molecular flexibility index (Phi) is 5.11. The minimum Gasteiger partial charge on any atom is -0.468 e. The van der Waals surface area contributed by atoms with Crippen LogP contribution in [0.25, 0.3) is 10.9 Å². The molecule has 1 N–H and O–H groups in total. The molecule has 0 bridgehead atoms. The van der Waals surface area contributed by atoms with E-state index in [0.29, 0.717) is 18.5 Å². The number of H-pyrrole nitrogens is 1. The Morgan fingerprint density at radius 3 is 2.45 bits per heavy atom. The van der Waals surface area contributed by atoms with Gasteiger partial charge in [-0.15, -0.1) is 0 Å². The lowest BCUT2D eigenvalue weighted by Crippen LogP contribution is -2.48. The quantitative estimate of drug-likeness (QED) is 0.689. The van der Waals surface area contributed by atoms with E-state index in [1.54, 1.807) is 12.1 Å². The summed E-state index contributed by atoms with van der Waals surface area (Å²) in [6.07, 6.45) is 0.594. The highest BCUT2D eigenvalue weighted by molar-refractivity contribution is 5.89. The zero-order valence-electron chi connectivity index (χ0n) is 16.8. The van der Waals surface area contributed by atoms with Crippen LogP contribution < -0.4 is 0 Å². The fraction of sp³-hybridized carbons (Fsp3) is 0.304. The number of benzene rings is 2. The molecular formula is C23H24N2O4. The second-order valence-electron chi connectivity index (χ2n) is 7.15. The summed E-state index contributed by atoms with van der Waals surface area (Å²) in [5.41, 5.74) is 4.77. The van der Waals surface area contributed by atoms with Gasteiger partial charge in [0.25, 0.3) is 0 Å². The van der Waals surface area contributed by atoms with Crippen molar-refractivity contribution in [1.29, 1.82) is 0 Å². The van der Waals surface area contributed by atoms with Gasteiger partial charge in [-0.2, -0.15) is 0 Å². The highest BCUT2D eigenvalue weighted by Gasteiger charge is 2.40. The van der Waals surface area contributed by atoms with Crippen LogP contribution >= 0.6 is 0 Å². The molecule has 0 saturated heterocycles. The molecule has 4 rings (SSSR count). The third kappa shape index (κ3) is 3.19. The van der Waals surface area contributed by atoms with Crippen LogP contribution in [0, 0.1) is 0 Å². The fourth-order valence-corrected chi connectivity index (χ4v) is 4.37. The second kappa shape index (κ2) is 7.72. The average Bonchev–Trinajstić information content (AvgIpc) is 3.15. The van der Waals surface area contributed by atoms with E-state index >= 15 is 0 Å². The van der Waals surface area contributed by atoms with Crippen LogP contribution in [0.1, 0.15) is 40.1 Å². The van der Waals surface area contributed by atoms with Gasteiger partial charge in [0.15, 0.2) is 0 Å². The van der Waals surface area contributed by atoms with Gasteiger partial charge < -0.3 is 14.5 Å². The van der Waals surface area contributed by atoms with Crippen molar-refractivity contribution in [1.82, 2.24) is 9.88 Å². The van der Waals surface area contributed by atoms with Gasteiger partial charge in [0.1, 0.15) is 6.04 Å². The summed E-state index contributed by atoms with van der Waals surface area (Å²) in [5, 5.41) is 1.13. The van der Waals surface area contributed by atoms with Gasteiger partial charge in [-0.25, -0.2) is 4.79 Å². The predicted molar refractivity (Wildman–Crippen MR) is 110 cm³/mol. The number of hydrogen-bond acceptors (Lipinski definition) is 5. The molecule has 2 atom stereocenters. The monoisotopic (exact) mass is 392 g/mol. The summed E-state index contributed by atoms with van der Waals surface area (Å²) in [7, 11) is 2.80. The van der Waals surface area contributed by atoms with E-state index in [0.717, 1.165) is 27.7 Å². The van der Waals surface area contributed by atoms with Crippen molar-refractivity contribution >= 4 is 22.8 Å². The molecule has 1 unspecified atom stereocenters. The summed E-state index contributed by atoms with van der Waals surface area (Å²) in [5.74, 6) is -0.606. The van der Waals surface area contributed by atoms with Crippen molar-refractivity contribution in [2.24, 2.45) is 0 Å². The van der Waals surface area contributed by atoms with Gasteiger partial charge in [0, 0.05) is 23.0 Å². The van der Waals surface area contributed by atoms with Crippen LogP contribution in [0.2, 0.25) is 0 Å². The number of rotatable bonds is 4. The zero-order chi connectivity index (χ0) is 20.5. The molecule has 2 heterocycles. The Bertz CT molecular complexity index is 1050. The molecule has 6 nitrogen and oxygen atoms in total. The van der Waals surface area contributed by atoms with Crippen molar-refractivity contribution in [2.75, 3.05) is 20.8 Å². The van der Waals surface area contributed by atoms with Gasteiger partial charge in [0.05, 0.1) is 25.8 Å². The molecule has 1 aromatic heterocycles. The standard InChI is InChI=1S/C23H24N2O4/c1-4-25-19(23(27)29-3)13-17-16-7-5-6-8-18(16)24-20(17)21(25)14-9-11-15(12-10-14)22(26)28-2/h5-12,19,21,24H,4,13H2,1-3H3/t19?,21-/m0/s1. The zero-order valence-corrected chi connectivity index (χ0v) is 16.8. The Morgan fingerprint density at radius 2 is 1.79 bits per heavy atom. The third-order valence-electron chi connectivity index (χ3n) is 5.74. The van der Waals surface area contributed by atoms with Crippen LogP contribution in [-0.2, 0) is 20.7 Å². The van der Waals surface area contributed by atoms with E-state index in [1.807, 2.05) is 31.2 Å². The van der Waals surface area contributed by atoms with E-state index in [-0.39, 0.29) is 24.0 Å². The van der Waals surface area contributed by atoms with Crippen molar-refractivity contribution in [3.8, 4) is 0 Å². The van der Waals surface area contributed by atoms with Gasteiger partial charge in [0.2, 0.25) is 0 Å². The second-order valence-corrected chi connectivity index (χ2v) is 7.15. The molecule has 150 valence electrons. The largest absolute Gasteiger partial charge is 0.468 e. The number of methoxy groups -OCH3 is 2. The number of likely N-dealkylation sites (N-methyl/N-ethyl adjacent to an activating group) is 1. The van der Waals surface area contributed by atoms with E-state index in [2.05, 4.69) is 22.0 Å². The average molecular weight is 392 g/mol. The Morgan fingerprint density at radius 1 is 1.07 bits per heavy atom. The molecule has 0 amide bonds. The minimum atomic E-state index is -0.373. The maximum absolute atomic E-state index is 12.6. The SMILES string of the molecule is CCN1C(C(=O)OC)Cc2c([nH]c3ccccc23)[C@@H]1c1ccc(C(=O)OC)cc1. The summed E-state index contributed by atoms with van der Waals surface area (Å²) in [6, 6.07) is 15.0. The van der Waals surface area contributed by atoms with Crippen molar-refractivity contribution in [3.05, 3.63) is 70.9 Å². The first kappa shape index (κ1) is 19.2. The van der Waals surface area contributed by atoms with Crippen LogP contribution in [0.3, 0.4) is 0 Å². The van der Waals surface area contributed by atoms with Gasteiger partial charge in [-0.05, 0) is 35.9 Å². The van der Waals surface area contributed by atoms with Crippen LogP contribution in [0.15, 0.2) is 48.5 Å². The van der Waals surface area contributed by atoms with Gasteiger partial charge >= 0.3 is 11.9 Å². The number of hydrogen-bond donors (Lipinski definition) is 1. The maximum atomic E-state index is 12.6. The molecule has 3 aromatic rings. The number of carbonyl (C=O) groups excluding carboxylic acids is 2. The first-order valence-corrected chi connectivity index (χ1v) is 9.70. The van der Waals surface area contributed by atoms with Crippen LogP contribution in [-0.4, -0.2) is 48.6 Å². The van der Waals surface area contributed by atoms with Crippen molar-refractivity contribution < 1.29 is 19.1 Å². The molecular weight excluding hydrogens is 368 g/mol. The Hall–Kier alpha value is -3.12. The molecule has 0 radical (unpaired) electrons. The molecule has 1 aliphatic rings. The van der Waals surface area contributed by atoms with Crippen LogP contribution in [0.4, 0.5) is 0 Å². The number of fused-ring (bicyclic) bond motifs is 3. The number of carbonyl (C=O) groups is 2. The smallest absolute Gasteiger partial charge is 0.337 e. The van der Waals surface area contributed by atoms with E-state index in [1.165, 1.54) is 14.2 Å². The van der Waals surface area contributed by atoms with Crippen molar-refractivity contribution in [3.63, 3.8) is 0 Å². The maximum Gasteiger partial charge on any atom is 0.337 e. The summed E-state index contributed by atoms with van der Waals surface area (Å²) >= 11 is 0. The molecule has 0 spiro atoms. The number of nitrogens with one attached hydrogen (secondary N) is 1. The topological polar surface area (TPSA) is 71.6 Å². The number of nitrogens with zero attached hydrogens (tertiary/aromatic N) is 1. The first-order valence-electron chi connectivity index (χ1n) is 9.70. The lowest BCUT2D eigenvalue weighted by atomic mass is 9.87. The van der Waals surface area contributed by atoms with E-state index in [9.17, 15) is 9.59 Å². The summed E-state index contributed by atoms with van der Waals surface area (Å²) < 4.78 is 9.93. The fourth-order valence-electron chi connectivity index (χ4n) is 4.37. The molecule has 2 aromatic carbocycles. The predicted octanol–water partition coefficient (Wildman–Crippen LogP) is 3.46. The number of ether oxygens (including phenoxy) is 2. The third-order valence-corrected chi connectivity index (χ3v) is 5.74. The van der Waals surface area contributed by atoms with Crippen molar-refractivity contribution in [2.45, 2.75) is 25.4 Å². The number of esters is 2. The highest BCUT2D eigenvalue weighted by atomic mass is 16.5. The van der Waals surface area contributed by atoms with Gasteiger partial charge in [-0.1, -0.05) is 37.3 Å². The molecule has 0 saturated carbocycles.